The largest absolute Gasteiger partial charge is 0.380 e. The highest BCUT2D eigenvalue weighted by molar-refractivity contribution is 7.89. The molecule has 0 aromatic heterocycles. The Kier molecular flexibility index (Phi) is 8.13. The molecule has 18 heavy (non-hydrogen) atoms. The van der Waals surface area contributed by atoms with Gasteiger partial charge in [-0.2, -0.15) is 0 Å². The highest BCUT2D eigenvalue weighted by atomic mass is 32.2. The molecule has 0 saturated carbocycles. The number of rotatable bonds is 9. The first kappa shape index (κ1) is 17.3. The van der Waals surface area contributed by atoms with E-state index in [0.717, 1.165) is 10.8 Å². The maximum Gasteiger partial charge on any atom is 0.238 e. The smallest absolute Gasteiger partial charge is 0.238 e. The van der Waals surface area contributed by atoms with E-state index < -0.39 is 10.0 Å². The zero-order chi connectivity index (χ0) is 14.2. The van der Waals surface area contributed by atoms with Crippen molar-refractivity contribution in [2.45, 2.75) is 20.3 Å². The molecule has 0 bridgehead atoms. The first-order valence-electron chi connectivity index (χ1n) is 6.05. The van der Waals surface area contributed by atoms with Gasteiger partial charge < -0.3 is 10.1 Å². The molecular formula is C11H24N2O4S. The Bertz CT molecular complexity index is 341. The SMILES string of the molecule is CNCCOCCCS(=O)(=O)N(C)C(=O)C(C)C. The van der Waals surface area contributed by atoms with Crippen molar-refractivity contribution in [3.63, 3.8) is 0 Å². The third-order valence-electron chi connectivity index (χ3n) is 2.41. The number of hydrogen-bond donors (Lipinski definition) is 1. The summed E-state index contributed by atoms with van der Waals surface area (Å²) in [5, 5.41) is 2.92. The van der Waals surface area contributed by atoms with E-state index in [9.17, 15) is 13.2 Å². The molecule has 1 N–H and O–H groups in total. The van der Waals surface area contributed by atoms with E-state index in [1.165, 1.54) is 7.05 Å². The molecule has 1 amide bonds. The van der Waals surface area contributed by atoms with Crippen LogP contribution in [0.4, 0.5) is 0 Å². The fraction of sp³-hybridized carbons (Fsp3) is 0.909. The maximum atomic E-state index is 11.8. The average molecular weight is 280 g/mol. The lowest BCUT2D eigenvalue weighted by Gasteiger charge is -2.19. The number of carbonyl (C=O) groups excluding carboxylic acids is 1. The van der Waals surface area contributed by atoms with E-state index in [1.807, 2.05) is 7.05 Å². The molecule has 0 spiro atoms. The van der Waals surface area contributed by atoms with Crippen molar-refractivity contribution < 1.29 is 17.9 Å². The van der Waals surface area contributed by atoms with Gasteiger partial charge in [0, 0.05) is 26.1 Å². The normalized spacial score (nSPS) is 11.8. The van der Waals surface area contributed by atoms with Gasteiger partial charge in [0.15, 0.2) is 0 Å². The molecule has 0 aliphatic carbocycles. The Labute approximate surface area is 110 Å². The first-order chi connectivity index (χ1) is 8.33. The van der Waals surface area contributed by atoms with Gasteiger partial charge in [0.25, 0.3) is 0 Å². The molecule has 0 heterocycles. The van der Waals surface area contributed by atoms with Gasteiger partial charge in [-0.05, 0) is 13.5 Å². The number of carbonyl (C=O) groups is 1. The molecule has 0 fully saturated rings. The van der Waals surface area contributed by atoms with Crippen molar-refractivity contribution in [2.24, 2.45) is 5.92 Å². The summed E-state index contributed by atoms with van der Waals surface area (Å²) < 4.78 is 29.7. The van der Waals surface area contributed by atoms with Gasteiger partial charge in [-0.3, -0.25) is 4.79 Å². The fourth-order valence-electron chi connectivity index (χ4n) is 1.26. The van der Waals surface area contributed by atoms with Crippen LogP contribution in [0.15, 0.2) is 0 Å². The number of likely N-dealkylation sites (N-methyl/N-ethyl adjacent to an activating group) is 1. The van der Waals surface area contributed by atoms with Crippen LogP contribution >= 0.6 is 0 Å². The molecule has 0 saturated heterocycles. The zero-order valence-electron chi connectivity index (χ0n) is 11.6. The summed E-state index contributed by atoms with van der Waals surface area (Å²) in [4.78, 5) is 11.6. The van der Waals surface area contributed by atoms with Gasteiger partial charge in [-0.1, -0.05) is 13.8 Å². The summed E-state index contributed by atoms with van der Waals surface area (Å²) in [5.74, 6) is -0.774. The molecule has 6 nitrogen and oxygen atoms in total. The Morgan fingerprint density at radius 1 is 1.33 bits per heavy atom. The summed E-state index contributed by atoms with van der Waals surface area (Å²) in [5.41, 5.74) is 0. The van der Waals surface area contributed by atoms with Gasteiger partial charge in [-0.25, -0.2) is 12.7 Å². The summed E-state index contributed by atoms with van der Waals surface area (Å²) >= 11 is 0. The minimum Gasteiger partial charge on any atom is -0.380 e. The predicted molar refractivity (Wildman–Crippen MR) is 70.8 cm³/mol. The number of amides is 1. The second-order valence-corrected chi connectivity index (χ2v) is 6.47. The Hall–Kier alpha value is -0.660. The molecule has 0 aromatic carbocycles. The number of ether oxygens (including phenoxy) is 1. The zero-order valence-corrected chi connectivity index (χ0v) is 12.4. The minimum atomic E-state index is -3.51. The van der Waals surface area contributed by atoms with Crippen LogP contribution < -0.4 is 5.32 Å². The van der Waals surface area contributed by atoms with E-state index in [2.05, 4.69) is 5.32 Å². The number of hydrogen-bond acceptors (Lipinski definition) is 5. The lowest BCUT2D eigenvalue weighted by Crippen LogP contribution is -2.37. The monoisotopic (exact) mass is 280 g/mol. The van der Waals surface area contributed by atoms with Crippen LogP contribution in [0.2, 0.25) is 0 Å². The standard InChI is InChI=1S/C11H24N2O4S/c1-10(2)11(14)13(4)18(15,16)9-5-7-17-8-6-12-3/h10,12H,5-9H2,1-4H3. The second kappa shape index (κ2) is 8.44. The molecule has 0 aromatic rings. The quantitative estimate of drug-likeness (QED) is 0.604. The predicted octanol–water partition coefficient (Wildman–Crippen LogP) is 0.0567. The van der Waals surface area contributed by atoms with E-state index in [1.54, 1.807) is 13.8 Å². The highest BCUT2D eigenvalue weighted by Crippen LogP contribution is 2.06. The lowest BCUT2D eigenvalue weighted by molar-refractivity contribution is -0.128. The van der Waals surface area contributed by atoms with Gasteiger partial charge >= 0.3 is 0 Å². The van der Waals surface area contributed by atoms with Crippen molar-refractivity contribution in [1.82, 2.24) is 9.62 Å². The summed E-state index contributed by atoms with van der Waals surface area (Å²) in [7, 11) is -0.384. The maximum absolute atomic E-state index is 11.8. The first-order valence-corrected chi connectivity index (χ1v) is 7.66. The summed E-state index contributed by atoms with van der Waals surface area (Å²) in [6.07, 6.45) is 0.391. The molecule has 0 atom stereocenters. The fourth-order valence-corrected chi connectivity index (χ4v) is 2.50. The van der Waals surface area contributed by atoms with Crippen LogP contribution in [0, 0.1) is 5.92 Å². The van der Waals surface area contributed by atoms with Crippen LogP contribution in [0.5, 0.6) is 0 Å². The van der Waals surface area contributed by atoms with Gasteiger partial charge in [0.2, 0.25) is 15.9 Å². The van der Waals surface area contributed by atoms with Crippen molar-refractivity contribution in [3.05, 3.63) is 0 Å². The second-order valence-electron chi connectivity index (χ2n) is 4.35. The molecular weight excluding hydrogens is 256 g/mol. The molecule has 0 radical (unpaired) electrons. The summed E-state index contributed by atoms with van der Waals surface area (Å²) in [6.45, 7) is 5.02. The molecule has 0 rings (SSSR count). The van der Waals surface area contributed by atoms with E-state index in [-0.39, 0.29) is 17.6 Å². The Morgan fingerprint density at radius 2 is 1.94 bits per heavy atom. The van der Waals surface area contributed by atoms with Gasteiger partial charge in [-0.15, -0.1) is 0 Å². The van der Waals surface area contributed by atoms with Crippen LogP contribution in [0.3, 0.4) is 0 Å². The van der Waals surface area contributed by atoms with Crippen molar-refractivity contribution in [2.75, 3.05) is 39.6 Å². The number of sulfonamides is 1. The van der Waals surface area contributed by atoms with Crippen LogP contribution in [0.1, 0.15) is 20.3 Å². The van der Waals surface area contributed by atoms with E-state index in [4.69, 9.17) is 4.74 Å². The third kappa shape index (κ3) is 6.32. The molecule has 7 heteroatoms. The van der Waals surface area contributed by atoms with Crippen LogP contribution in [-0.2, 0) is 19.6 Å². The van der Waals surface area contributed by atoms with Crippen molar-refractivity contribution >= 4 is 15.9 Å². The van der Waals surface area contributed by atoms with Crippen molar-refractivity contribution in [3.8, 4) is 0 Å². The van der Waals surface area contributed by atoms with E-state index >= 15 is 0 Å². The lowest BCUT2D eigenvalue weighted by atomic mass is 10.2. The number of nitrogens with zero attached hydrogens (tertiary/aromatic N) is 1. The van der Waals surface area contributed by atoms with Gasteiger partial charge in [0.05, 0.1) is 12.4 Å². The Morgan fingerprint density at radius 3 is 2.44 bits per heavy atom. The molecule has 0 aliphatic heterocycles. The third-order valence-corrected chi connectivity index (χ3v) is 4.23. The van der Waals surface area contributed by atoms with Gasteiger partial charge in [0.1, 0.15) is 0 Å². The minimum absolute atomic E-state index is 0.0679. The summed E-state index contributed by atoms with van der Waals surface area (Å²) in [6, 6.07) is 0. The highest BCUT2D eigenvalue weighted by Gasteiger charge is 2.24. The van der Waals surface area contributed by atoms with Crippen molar-refractivity contribution in [1.29, 1.82) is 0 Å². The van der Waals surface area contributed by atoms with E-state index in [0.29, 0.717) is 19.6 Å². The van der Waals surface area contributed by atoms with Crippen LogP contribution in [0.25, 0.3) is 0 Å². The van der Waals surface area contributed by atoms with Crippen LogP contribution in [-0.4, -0.2) is 58.2 Å². The molecule has 0 aliphatic rings. The molecule has 0 unspecified atom stereocenters. The molecule has 108 valence electrons. The average Bonchev–Trinajstić information content (AvgIpc) is 2.31. The number of nitrogens with one attached hydrogen (secondary N) is 1. The topological polar surface area (TPSA) is 75.7 Å². The Balaban J connectivity index is 4.04.